The first kappa shape index (κ1) is 14.8. The predicted molar refractivity (Wildman–Crippen MR) is 62.6 cm³/mol. The summed E-state index contributed by atoms with van der Waals surface area (Å²) in [5, 5.41) is 8.54. The molecule has 2 aromatic carbocycles. The molecule has 0 amide bonds. The first-order valence-electron chi connectivity index (χ1n) is 5.55. The Kier molecular flexibility index (Phi) is 3.80. The molecular weight excluding hydrogens is 293 g/mol. The molecule has 0 saturated heterocycles. The minimum absolute atomic E-state index is 0.263. The van der Waals surface area contributed by atoms with E-state index in [0.717, 1.165) is 30.3 Å². The van der Waals surface area contributed by atoms with Crippen LogP contribution in [0.4, 0.5) is 22.0 Å². The lowest BCUT2D eigenvalue weighted by atomic mass is 10.2. The lowest BCUT2D eigenvalue weighted by molar-refractivity contribution is -0.137. The Bertz CT molecular complexity index is 695. The maximum Gasteiger partial charge on any atom is 0.416 e. The van der Waals surface area contributed by atoms with Crippen molar-refractivity contribution in [3.63, 3.8) is 0 Å². The second-order valence-corrected chi connectivity index (χ2v) is 4.01. The number of hydrogen-bond acceptors (Lipinski definition) is 2. The van der Waals surface area contributed by atoms with Crippen molar-refractivity contribution in [3.8, 4) is 17.6 Å². The molecule has 7 heteroatoms. The van der Waals surface area contributed by atoms with Crippen LogP contribution in [0.15, 0.2) is 36.4 Å². The number of ether oxygens (including phenoxy) is 1. The van der Waals surface area contributed by atoms with Crippen molar-refractivity contribution >= 4 is 0 Å². The average molecular weight is 299 g/mol. The highest BCUT2D eigenvalue weighted by molar-refractivity contribution is 5.41. The fourth-order valence-corrected chi connectivity index (χ4v) is 1.58. The van der Waals surface area contributed by atoms with Gasteiger partial charge in [-0.25, -0.2) is 8.78 Å². The van der Waals surface area contributed by atoms with Crippen molar-refractivity contribution in [2.75, 3.05) is 0 Å². The van der Waals surface area contributed by atoms with Crippen LogP contribution in [-0.4, -0.2) is 0 Å². The molecule has 0 unspecified atom stereocenters. The summed E-state index contributed by atoms with van der Waals surface area (Å²) >= 11 is 0. The molecular formula is C14H6F5NO. The van der Waals surface area contributed by atoms with Gasteiger partial charge in [0, 0.05) is 0 Å². The predicted octanol–water partition coefficient (Wildman–Crippen LogP) is 4.65. The van der Waals surface area contributed by atoms with Crippen LogP contribution >= 0.6 is 0 Å². The Morgan fingerprint density at radius 1 is 1.00 bits per heavy atom. The summed E-state index contributed by atoms with van der Waals surface area (Å²) in [6.45, 7) is 0. The summed E-state index contributed by atoms with van der Waals surface area (Å²) in [5.74, 6) is -3.59. The molecule has 0 spiro atoms. The highest BCUT2D eigenvalue weighted by atomic mass is 19.4. The quantitative estimate of drug-likeness (QED) is 0.756. The van der Waals surface area contributed by atoms with Crippen molar-refractivity contribution in [1.29, 1.82) is 5.26 Å². The Labute approximate surface area is 116 Å². The van der Waals surface area contributed by atoms with E-state index in [1.807, 2.05) is 0 Å². The lowest BCUT2D eigenvalue weighted by Gasteiger charge is -2.11. The van der Waals surface area contributed by atoms with Gasteiger partial charge in [0.05, 0.1) is 17.2 Å². The second-order valence-electron chi connectivity index (χ2n) is 4.01. The maximum atomic E-state index is 13.6. The summed E-state index contributed by atoms with van der Waals surface area (Å²) < 4.78 is 69.5. The standard InChI is InChI=1S/C14H6F5NO/c15-11-4-8(7-20)5-12(16)13(11)21-10-3-1-2-9(6-10)14(17,18)19/h1-6H. The van der Waals surface area contributed by atoms with E-state index < -0.39 is 29.1 Å². The lowest BCUT2D eigenvalue weighted by Crippen LogP contribution is -2.04. The number of benzene rings is 2. The van der Waals surface area contributed by atoms with Gasteiger partial charge in [-0.1, -0.05) is 6.07 Å². The van der Waals surface area contributed by atoms with Gasteiger partial charge in [0.2, 0.25) is 0 Å². The molecule has 2 nitrogen and oxygen atoms in total. The molecule has 0 aliphatic rings. The van der Waals surface area contributed by atoms with Gasteiger partial charge in [0.15, 0.2) is 17.4 Å². The van der Waals surface area contributed by atoms with E-state index in [2.05, 4.69) is 0 Å². The molecule has 108 valence electrons. The first-order valence-corrected chi connectivity index (χ1v) is 5.55. The topological polar surface area (TPSA) is 33.0 Å². The van der Waals surface area contributed by atoms with Crippen molar-refractivity contribution in [1.82, 2.24) is 0 Å². The van der Waals surface area contributed by atoms with Gasteiger partial charge in [-0.3, -0.25) is 0 Å². The molecule has 0 aliphatic heterocycles. The van der Waals surface area contributed by atoms with Crippen LogP contribution in [0.5, 0.6) is 11.5 Å². The number of alkyl halides is 3. The molecule has 0 bridgehead atoms. The summed E-state index contributed by atoms with van der Waals surface area (Å²) in [5.41, 5.74) is -1.27. The van der Waals surface area contributed by atoms with Crippen molar-refractivity contribution in [3.05, 3.63) is 59.2 Å². The Hall–Kier alpha value is -2.62. The Morgan fingerprint density at radius 3 is 2.14 bits per heavy atom. The second kappa shape index (κ2) is 5.40. The molecule has 0 radical (unpaired) electrons. The van der Waals surface area contributed by atoms with Gasteiger partial charge in [0.1, 0.15) is 5.75 Å². The molecule has 2 rings (SSSR count). The fourth-order valence-electron chi connectivity index (χ4n) is 1.58. The summed E-state index contributed by atoms with van der Waals surface area (Å²) in [6.07, 6.45) is -4.60. The van der Waals surface area contributed by atoms with E-state index in [9.17, 15) is 22.0 Å². The molecule has 0 fully saturated rings. The minimum atomic E-state index is -4.60. The summed E-state index contributed by atoms with van der Waals surface area (Å²) in [7, 11) is 0. The third kappa shape index (κ3) is 3.28. The van der Waals surface area contributed by atoms with Gasteiger partial charge in [-0.05, 0) is 30.3 Å². The van der Waals surface area contributed by atoms with Gasteiger partial charge in [-0.15, -0.1) is 0 Å². The largest absolute Gasteiger partial charge is 0.451 e. The normalized spacial score (nSPS) is 11.0. The fraction of sp³-hybridized carbons (Fsp3) is 0.0714. The molecule has 0 aromatic heterocycles. The van der Waals surface area contributed by atoms with Gasteiger partial charge >= 0.3 is 6.18 Å². The third-order valence-corrected chi connectivity index (χ3v) is 2.51. The molecule has 0 heterocycles. The van der Waals surface area contributed by atoms with Crippen LogP contribution in [0, 0.1) is 23.0 Å². The monoisotopic (exact) mass is 299 g/mol. The minimum Gasteiger partial charge on any atom is -0.451 e. The molecule has 0 atom stereocenters. The van der Waals surface area contributed by atoms with Crippen LogP contribution in [0.2, 0.25) is 0 Å². The van der Waals surface area contributed by atoms with Crippen molar-refractivity contribution < 1.29 is 26.7 Å². The number of rotatable bonds is 2. The maximum absolute atomic E-state index is 13.6. The van der Waals surface area contributed by atoms with Gasteiger partial charge < -0.3 is 4.74 Å². The highest BCUT2D eigenvalue weighted by Crippen LogP contribution is 2.34. The van der Waals surface area contributed by atoms with Gasteiger partial charge in [0.25, 0.3) is 0 Å². The zero-order chi connectivity index (χ0) is 15.6. The zero-order valence-corrected chi connectivity index (χ0v) is 10.2. The van der Waals surface area contributed by atoms with Crippen LogP contribution in [0.1, 0.15) is 11.1 Å². The van der Waals surface area contributed by atoms with E-state index >= 15 is 0 Å². The number of nitriles is 1. The van der Waals surface area contributed by atoms with Crippen LogP contribution in [0.3, 0.4) is 0 Å². The number of halogens is 5. The molecule has 0 N–H and O–H groups in total. The van der Waals surface area contributed by atoms with Crippen molar-refractivity contribution in [2.45, 2.75) is 6.18 Å². The van der Waals surface area contributed by atoms with E-state index in [1.54, 1.807) is 6.07 Å². The molecule has 2 aromatic rings. The van der Waals surface area contributed by atoms with Crippen LogP contribution < -0.4 is 4.74 Å². The summed E-state index contributed by atoms with van der Waals surface area (Å²) in [4.78, 5) is 0. The van der Waals surface area contributed by atoms with E-state index in [-0.39, 0.29) is 11.3 Å². The van der Waals surface area contributed by atoms with Crippen LogP contribution in [0.25, 0.3) is 0 Å². The Morgan fingerprint density at radius 2 is 1.62 bits per heavy atom. The molecule has 21 heavy (non-hydrogen) atoms. The highest BCUT2D eigenvalue weighted by Gasteiger charge is 2.30. The molecule has 0 saturated carbocycles. The van der Waals surface area contributed by atoms with E-state index in [4.69, 9.17) is 10.00 Å². The third-order valence-electron chi connectivity index (χ3n) is 2.51. The first-order chi connectivity index (χ1) is 9.81. The van der Waals surface area contributed by atoms with Crippen molar-refractivity contribution in [2.24, 2.45) is 0 Å². The zero-order valence-electron chi connectivity index (χ0n) is 10.2. The van der Waals surface area contributed by atoms with E-state index in [0.29, 0.717) is 6.07 Å². The number of nitrogens with zero attached hydrogens (tertiary/aromatic N) is 1. The van der Waals surface area contributed by atoms with Crippen LogP contribution in [-0.2, 0) is 6.18 Å². The number of hydrogen-bond donors (Lipinski definition) is 0. The average Bonchev–Trinajstić information content (AvgIpc) is 2.42. The van der Waals surface area contributed by atoms with E-state index in [1.165, 1.54) is 0 Å². The smallest absolute Gasteiger partial charge is 0.416 e. The Balaban J connectivity index is 2.38. The summed E-state index contributed by atoms with van der Waals surface area (Å²) in [6, 6.07) is 6.61. The molecule has 0 aliphatic carbocycles. The van der Waals surface area contributed by atoms with Gasteiger partial charge in [-0.2, -0.15) is 18.4 Å². The SMILES string of the molecule is N#Cc1cc(F)c(Oc2cccc(C(F)(F)F)c2)c(F)c1.